The third-order valence-corrected chi connectivity index (χ3v) is 2.40. The van der Waals surface area contributed by atoms with Crippen molar-refractivity contribution in [3.63, 3.8) is 0 Å². The number of nitrogens with zero attached hydrogens (tertiary/aromatic N) is 2. The largest absolute Gasteiger partial charge is 0.390 e. The Morgan fingerprint density at radius 3 is 3.08 bits per heavy atom. The molecule has 2 heterocycles. The topological polar surface area (TPSA) is 47.3 Å². The second kappa shape index (κ2) is 3.47. The Labute approximate surface area is 77.1 Å². The van der Waals surface area contributed by atoms with E-state index in [1.807, 2.05) is 19.3 Å². The molecule has 1 aliphatic rings. The summed E-state index contributed by atoms with van der Waals surface area (Å²) in [5.74, 6) is 0.217. The van der Waals surface area contributed by atoms with Crippen LogP contribution in [0.15, 0.2) is 12.3 Å². The van der Waals surface area contributed by atoms with Crippen LogP contribution in [0.25, 0.3) is 0 Å². The first-order chi connectivity index (χ1) is 6.25. The molecular formula is C9H14N2O2. The van der Waals surface area contributed by atoms with Gasteiger partial charge >= 0.3 is 0 Å². The van der Waals surface area contributed by atoms with Gasteiger partial charge in [-0.05, 0) is 12.5 Å². The highest BCUT2D eigenvalue weighted by Gasteiger charge is 2.26. The molecule has 1 saturated heterocycles. The predicted molar refractivity (Wildman–Crippen MR) is 47.2 cm³/mol. The lowest BCUT2D eigenvalue weighted by Gasteiger charge is -2.09. The van der Waals surface area contributed by atoms with Gasteiger partial charge in [-0.1, -0.05) is 0 Å². The van der Waals surface area contributed by atoms with Crippen molar-refractivity contribution in [3.05, 3.63) is 18.0 Å². The van der Waals surface area contributed by atoms with E-state index in [1.165, 1.54) is 0 Å². The zero-order valence-electron chi connectivity index (χ0n) is 7.68. The van der Waals surface area contributed by atoms with E-state index in [4.69, 9.17) is 4.74 Å². The lowest BCUT2D eigenvalue weighted by atomic mass is 10.0. The molecular weight excluding hydrogens is 168 g/mol. The van der Waals surface area contributed by atoms with Gasteiger partial charge in [0.1, 0.15) is 0 Å². The van der Waals surface area contributed by atoms with E-state index in [0.717, 1.165) is 12.1 Å². The van der Waals surface area contributed by atoms with Crippen molar-refractivity contribution in [2.45, 2.75) is 12.5 Å². The maximum Gasteiger partial charge on any atom is 0.0827 e. The normalized spacial score (nSPS) is 28.2. The molecule has 0 bridgehead atoms. The summed E-state index contributed by atoms with van der Waals surface area (Å²) < 4.78 is 6.94. The second-order valence-electron chi connectivity index (χ2n) is 3.55. The van der Waals surface area contributed by atoms with Gasteiger partial charge in [0.25, 0.3) is 0 Å². The Kier molecular flexibility index (Phi) is 2.33. The molecule has 1 fully saturated rings. The van der Waals surface area contributed by atoms with Crippen LogP contribution < -0.4 is 0 Å². The van der Waals surface area contributed by atoms with Crippen molar-refractivity contribution < 1.29 is 9.84 Å². The molecule has 1 aromatic heterocycles. The smallest absolute Gasteiger partial charge is 0.0827 e. The van der Waals surface area contributed by atoms with E-state index in [1.54, 1.807) is 4.68 Å². The van der Waals surface area contributed by atoms with Gasteiger partial charge in [-0.3, -0.25) is 4.68 Å². The van der Waals surface area contributed by atoms with Crippen LogP contribution in [0.5, 0.6) is 0 Å². The number of rotatable bonds is 2. The predicted octanol–water partition coefficient (Wildman–Crippen LogP) is -0.0301. The van der Waals surface area contributed by atoms with Crippen LogP contribution in [-0.4, -0.2) is 34.2 Å². The first kappa shape index (κ1) is 8.72. The van der Waals surface area contributed by atoms with Gasteiger partial charge in [0, 0.05) is 19.2 Å². The summed E-state index contributed by atoms with van der Waals surface area (Å²) >= 11 is 0. The van der Waals surface area contributed by atoms with Crippen molar-refractivity contribution in [2.24, 2.45) is 13.0 Å². The molecule has 0 amide bonds. The maximum atomic E-state index is 9.50. The molecule has 72 valence electrons. The van der Waals surface area contributed by atoms with Gasteiger partial charge in [0.15, 0.2) is 0 Å². The molecule has 13 heavy (non-hydrogen) atoms. The van der Waals surface area contributed by atoms with Gasteiger partial charge in [0.2, 0.25) is 0 Å². The molecule has 0 saturated carbocycles. The van der Waals surface area contributed by atoms with Crippen molar-refractivity contribution in [3.8, 4) is 0 Å². The number of ether oxygens (including phenoxy) is 1. The minimum Gasteiger partial charge on any atom is -0.390 e. The monoisotopic (exact) mass is 182 g/mol. The average Bonchev–Trinajstić information content (AvgIpc) is 2.64. The number of aromatic nitrogens is 2. The first-order valence-corrected chi connectivity index (χ1v) is 4.50. The van der Waals surface area contributed by atoms with Crippen LogP contribution in [0.3, 0.4) is 0 Å². The molecule has 0 spiro atoms. The quantitative estimate of drug-likeness (QED) is 0.698. The minimum atomic E-state index is -0.318. The molecule has 0 aliphatic carbocycles. The molecule has 2 rings (SSSR count). The number of aliphatic hydroxyl groups is 1. The first-order valence-electron chi connectivity index (χ1n) is 4.50. The lowest BCUT2D eigenvalue weighted by Crippen LogP contribution is -2.20. The minimum absolute atomic E-state index is 0.217. The molecule has 0 aromatic carbocycles. The van der Waals surface area contributed by atoms with Gasteiger partial charge in [-0.2, -0.15) is 5.10 Å². The highest BCUT2D eigenvalue weighted by molar-refractivity contribution is 5.01. The molecule has 1 aromatic rings. The number of aryl methyl sites for hydroxylation is 1. The van der Waals surface area contributed by atoms with E-state index < -0.39 is 0 Å². The Bertz CT molecular complexity index is 285. The summed E-state index contributed by atoms with van der Waals surface area (Å²) in [7, 11) is 1.89. The van der Waals surface area contributed by atoms with Gasteiger partial charge in [-0.25, -0.2) is 0 Å². The third kappa shape index (κ3) is 1.89. The molecule has 0 radical (unpaired) electrons. The molecule has 1 aliphatic heterocycles. The van der Waals surface area contributed by atoms with Crippen LogP contribution in [-0.2, 0) is 18.2 Å². The molecule has 1 N–H and O–H groups in total. The molecule has 4 nitrogen and oxygen atoms in total. The van der Waals surface area contributed by atoms with Crippen LogP contribution in [0.2, 0.25) is 0 Å². The van der Waals surface area contributed by atoms with Gasteiger partial charge in [0.05, 0.1) is 25.0 Å². The number of hydrogen-bond acceptors (Lipinski definition) is 3. The maximum absolute atomic E-state index is 9.50. The van der Waals surface area contributed by atoms with Gasteiger partial charge in [-0.15, -0.1) is 0 Å². The fraction of sp³-hybridized carbons (Fsp3) is 0.667. The fourth-order valence-electron chi connectivity index (χ4n) is 1.62. The summed E-state index contributed by atoms with van der Waals surface area (Å²) in [5.41, 5.74) is 1.03. The zero-order valence-corrected chi connectivity index (χ0v) is 7.68. The van der Waals surface area contributed by atoms with E-state index in [9.17, 15) is 5.11 Å². The molecule has 0 unspecified atom stereocenters. The molecule has 4 heteroatoms. The van der Waals surface area contributed by atoms with Crippen molar-refractivity contribution in [1.82, 2.24) is 9.78 Å². The zero-order chi connectivity index (χ0) is 9.26. The van der Waals surface area contributed by atoms with Crippen LogP contribution in [0.1, 0.15) is 5.69 Å². The summed E-state index contributed by atoms with van der Waals surface area (Å²) in [6.45, 7) is 1.12. The molecule has 2 atom stereocenters. The summed E-state index contributed by atoms with van der Waals surface area (Å²) in [5, 5.41) is 13.8. The Balaban J connectivity index is 1.97. The summed E-state index contributed by atoms with van der Waals surface area (Å²) in [4.78, 5) is 0. The standard InChI is InChI=1S/C9H14N2O2/c1-11-3-2-8(10-11)4-7-5-13-6-9(7)12/h2-3,7,9,12H,4-6H2,1H3/t7-,9-/m1/s1. The van der Waals surface area contributed by atoms with Crippen LogP contribution in [0, 0.1) is 5.92 Å². The highest BCUT2D eigenvalue weighted by Crippen LogP contribution is 2.17. The summed E-state index contributed by atoms with van der Waals surface area (Å²) in [6, 6.07) is 1.98. The fourth-order valence-corrected chi connectivity index (χ4v) is 1.62. The highest BCUT2D eigenvalue weighted by atomic mass is 16.5. The van der Waals surface area contributed by atoms with Gasteiger partial charge < -0.3 is 9.84 Å². The third-order valence-electron chi connectivity index (χ3n) is 2.40. The van der Waals surface area contributed by atoms with E-state index in [-0.39, 0.29) is 12.0 Å². The van der Waals surface area contributed by atoms with E-state index in [0.29, 0.717) is 13.2 Å². The van der Waals surface area contributed by atoms with Crippen LogP contribution in [0.4, 0.5) is 0 Å². The van der Waals surface area contributed by atoms with E-state index >= 15 is 0 Å². The van der Waals surface area contributed by atoms with Crippen molar-refractivity contribution in [2.75, 3.05) is 13.2 Å². The Morgan fingerprint density at radius 1 is 1.69 bits per heavy atom. The Hall–Kier alpha value is -0.870. The number of aliphatic hydroxyl groups excluding tert-OH is 1. The second-order valence-corrected chi connectivity index (χ2v) is 3.55. The van der Waals surface area contributed by atoms with Crippen LogP contribution >= 0.6 is 0 Å². The number of hydrogen-bond donors (Lipinski definition) is 1. The van der Waals surface area contributed by atoms with Crippen molar-refractivity contribution >= 4 is 0 Å². The van der Waals surface area contributed by atoms with Crippen molar-refractivity contribution in [1.29, 1.82) is 0 Å². The SMILES string of the molecule is Cn1ccc(C[C@@H]2COC[C@H]2O)n1. The summed E-state index contributed by atoms with van der Waals surface area (Å²) in [6.07, 6.45) is 2.40. The lowest BCUT2D eigenvalue weighted by molar-refractivity contribution is 0.118. The Morgan fingerprint density at radius 2 is 2.54 bits per heavy atom. The van der Waals surface area contributed by atoms with E-state index in [2.05, 4.69) is 5.10 Å². The average molecular weight is 182 g/mol.